The van der Waals surface area contributed by atoms with Gasteiger partial charge in [0.15, 0.2) is 11.3 Å². The van der Waals surface area contributed by atoms with Crippen LogP contribution in [-0.2, 0) is 12.6 Å². The number of aromatic nitrogens is 3. The van der Waals surface area contributed by atoms with Gasteiger partial charge >= 0.3 is 6.18 Å². The summed E-state index contributed by atoms with van der Waals surface area (Å²) in [7, 11) is 0. The van der Waals surface area contributed by atoms with E-state index >= 15 is 0 Å². The fourth-order valence-corrected chi connectivity index (χ4v) is 4.24. The first-order valence-corrected chi connectivity index (χ1v) is 10.7. The van der Waals surface area contributed by atoms with Crippen LogP contribution in [0.15, 0.2) is 65.3 Å². The largest absolute Gasteiger partial charge is 0.433 e. The van der Waals surface area contributed by atoms with Gasteiger partial charge in [0.2, 0.25) is 0 Å². The van der Waals surface area contributed by atoms with E-state index in [-0.39, 0.29) is 16.9 Å². The van der Waals surface area contributed by atoms with E-state index in [1.54, 1.807) is 29.2 Å². The number of rotatable bonds is 2. The molecule has 1 amide bonds. The van der Waals surface area contributed by atoms with Crippen LogP contribution < -0.4 is 4.90 Å². The number of para-hydroxylation sites is 1. The monoisotopic (exact) mass is 500 g/mol. The molecule has 0 radical (unpaired) electrons. The normalized spacial score (nSPS) is 13.9. The first-order chi connectivity index (χ1) is 15.3. The molecule has 3 heterocycles. The van der Waals surface area contributed by atoms with Gasteiger partial charge in [-0.25, -0.2) is 9.50 Å². The highest BCUT2D eigenvalue weighted by Crippen LogP contribution is 2.34. The van der Waals surface area contributed by atoms with E-state index in [0.717, 1.165) is 34.6 Å². The lowest BCUT2D eigenvalue weighted by atomic mass is 10.0. The van der Waals surface area contributed by atoms with Crippen molar-refractivity contribution in [3.8, 4) is 11.3 Å². The zero-order chi connectivity index (χ0) is 22.5. The Morgan fingerprint density at radius 2 is 1.81 bits per heavy atom. The van der Waals surface area contributed by atoms with Crippen LogP contribution in [0.3, 0.4) is 0 Å². The van der Waals surface area contributed by atoms with Crippen LogP contribution in [0.1, 0.15) is 28.0 Å². The summed E-state index contributed by atoms with van der Waals surface area (Å²) in [6, 6.07) is 15.3. The second kappa shape index (κ2) is 7.74. The molecule has 32 heavy (non-hydrogen) atoms. The summed E-state index contributed by atoms with van der Waals surface area (Å²) in [6.45, 7) is 0.478. The number of amides is 1. The van der Waals surface area contributed by atoms with E-state index < -0.39 is 17.8 Å². The van der Waals surface area contributed by atoms with E-state index in [2.05, 4.69) is 26.0 Å². The van der Waals surface area contributed by atoms with Crippen molar-refractivity contribution >= 4 is 33.2 Å². The smallest absolute Gasteiger partial charge is 0.308 e. The topological polar surface area (TPSA) is 50.5 Å². The van der Waals surface area contributed by atoms with E-state index in [9.17, 15) is 18.0 Å². The van der Waals surface area contributed by atoms with Crippen LogP contribution in [0.4, 0.5) is 18.9 Å². The molecule has 0 atom stereocenters. The van der Waals surface area contributed by atoms with Crippen molar-refractivity contribution in [2.75, 3.05) is 11.4 Å². The minimum Gasteiger partial charge on any atom is -0.308 e. The van der Waals surface area contributed by atoms with Gasteiger partial charge in [0, 0.05) is 22.3 Å². The van der Waals surface area contributed by atoms with Gasteiger partial charge in [-0.05, 0) is 42.7 Å². The molecule has 1 aliphatic heterocycles. The Kier molecular flexibility index (Phi) is 5.00. The van der Waals surface area contributed by atoms with E-state index in [1.807, 2.05) is 24.3 Å². The van der Waals surface area contributed by atoms with Gasteiger partial charge in [-0.15, -0.1) is 0 Å². The number of hydrogen-bond acceptors (Lipinski definition) is 3. The number of benzene rings is 2. The first kappa shape index (κ1) is 20.7. The molecule has 0 unspecified atom stereocenters. The summed E-state index contributed by atoms with van der Waals surface area (Å²) >= 11 is 3.32. The van der Waals surface area contributed by atoms with Gasteiger partial charge in [-0.3, -0.25) is 4.79 Å². The predicted octanol–water partition coefficient (Wildman–Crippen LogP) is 5.77. The Labute approximate surface area is 189 Å². The van der Waals surface area contributed by atoms with Crippen molar-refractivity contribution < 1.29 is 18.0 Å². The molecule has 162 valence electrons. The lowest BCUT2D eigenvalue weighted by Gasteiger charge is -2.29. The third-order valence-corrected chi connectivity index (χ3v) is 6.02. The van der Waals surface area contributed by atoms with Crippen LogP contribution in [0, 0.1) is 0 Å². The minimum atomic E-state index is -4.67. The lowest BCUT2D eigenvalue weighted by Crippen LogP contribution is -2.35. The fraction of sp³-hybridized carbons (Fsp3) is 0.174. The summed E-state index contributed by atoms with van der Waals surface area (Å²) in [4.78, 5) is 19.4. The lowest BCUT2D eigenvalue weighted by molar-refractivity contribution is -0.142. The Morgan fingerprint density at radius 3 is 2.56 bits per heavy atom. The SMILES string of the molecule is O=C(c1cnn2c(C(F)(F)F)cc(-c3ccc(Br)cc3)nc12)N1CCCc2ccccc21. The number of carbonyl (C=O) groups excluding carboxylic acids is 1. The maximum atomic E-state index is 13.8. The van der Waals surface area contributed by atoms with Crippen LogP contribution >= 0.6 is 15.9 Å². The fourth-order valence-electron chi connectivity index (χ4n) is 3.97. The molecule has 1 aliphatic rings. The highest BCUT2D eigenvalue weighted by Gasteiger charge is 2.36. The maximum absolute atomic E-state index is 13.8. The number of nitrogens with zero attached hydrogens (tertiary/aromatic N) is 4. The minimum absolute atomic E-state index is 0.0335. The third kappa shape index (κ3) is 3.56. The van der Waals surface area contributed by atoms with E-state index in [0.29, 0.717) is 16.6 Å². The Bertz CT molecular complexity index is 1330. The molecule has 0 spiro atoms. The quantitative estimate of drug-likeness (QED) is 0.351. The summed E-state index contributed by atoms with van der Waals surface area (Å²) < 4.78 is 43.0. The van der Waals surface area contributed by atoms with E-state index in [4.69, 9.17) is 0 Å². The number of fused-ring (bicyclic) bond motifs is 2. The summed E-state index contributed by atoms with van der Waals surface area (Å²) in [6.07, 6.45) is -1.88. The maximum Gasteiger partial charge on any atom is 0.433 e. The molecular formula is C23H16BrF3N4O. The Morgan fingerprint density at radius 1 is 1.06 bits per heavy atom. The van der Waals surface area contributed by atoms with Gasteiger partial charge in [-0.1, -0.05) is 46.3 Å². The van der Waals surface area contributed by atoms with Crippen LogP contribution in [0.2, 0.25) is 0 Å². The number of hydrogen-bond donors (Lipinski definition) is 0. The number of alkyl halides is 3. The van der Waals surface area contributed by atoms with Crippen molar-refractivity contribution in [3.05, 3.63) is 82.1 Å². The van der Waals surface area contributed by atoms with Gasteiger partial charge in [-0.2, -0.15) is 18.3 Å². The highest BCUT2D eigenvalue weighted by atomic mass is 79.9. The molecule has 9 heteroatoms. The second-order valence-corrected chi connectivity index (χ2v) is 8.43. The van der Waals surface area contributed by atoms with Gasteiger partial charge in [0.25, 0.3) is 5.91 Å². The molecule has 5 nitrogen and oxygen atoms in total. The molecule has 0 fully saturated rings. The second-order valence-electron chi connectivity index (χ2n) is 7.51. The molecule has 0 N–H and O–H groups in total. The number of aryl methyl sites for hydroxylation is 1. The van der Waals surface area contributed by atoms with Crippen molar-refractivity contribution in [3.63, 3.8) is 0 Å². The summed E-state index contributed by atoms with van der Waals surface area (Å²) in [5.41, 5.74) is 1.34. The number of carbonyl (C=O) groups is 1. The van der Waals surface area contributed by atoms with Crippen molar-refractivity contribution in [2.45, 2.75) is 19.0 Å². The first-order valence-electron chi connectivity index (χ1n) is 9.94. The third-order valence-electron chi connectivity index (χ3n) is 5.49. The molecule has 4 aromatic rings. The van der Waals surface area contributed by atoms with Gasteiger partial charge in [0.1, 0.15) is 5.56 Å². The van der Waals surface area contributed by atoms with Gasteiger partial charge in [0.05, 0.1) is 11.9 Å². The van der Waals surface area contributed by atoms with Crippen molar-refractivity contribution in [1.82, 2.24) is 14.6 Å². The molecule has 2 aromatic carbocycles. The Hall–Kier alpha value is -3.20. The van der Waals surface area contributed by atoms with Crippen molar-refractivity contribution in [2.24, 2.45) is 0 Å². The average molecular weight is 501 g/mol. The zero-order valence-electron chi connectivity index (χ0n) is 16.6. The Balaban J connectivity index is 1.67. The predicted molar refractivity (Wildman–Crippen MR) is 118 cm³/mol. The molecule has 5 rings (SSSR count). The van der Waals surface area contributed by atoms with E-state index in [1.165, 1.54) is 6.20 Å². The zero-order valence-corrected chi connectivity index (χ0v) is 18.2. The number of halogens is 4. The molecular weight excluding hydrogens is 485 g/mol. The molecule has 0 saturated heterocycles. The summed E-state index contributed by atoms with van der Waals surface area (Å²) in [5.74, 6) is -0.416. The molecule has 0 saturated carbocycles. The molecule has 2 aromatic heterocycles. The average Bonchev–Trinajstić information content (AvgIpc) is 3.21. The highest BCUT2D eigenvalue weighted by molar-refractivity contribution is 9.10. The standard InChI is InChI=1S/C23H16BrF3N4O/c24-16-9-7-14(8-10-16)18-12-20(23(25,26)27)31-21(29-18)17(13-28-31)22(32)30-11-3-5-15-4-1-2-6-19(15)30/h1-2,4,6-10,12-13H,3,5,11H2. The summed E-state index contributed by atoms with van der Waals surface area (Å²) in [5, 5.41) is 3.89. The van der Waals surface area contributed by atoms with Crippen LogP contribution in [0.25, 0.3) is 16.9 Å². The molecule has 0 aliphatic carbocycles. The van der Waals surface area contributed by atoms with Crippen LogP contribution in [0.5, 0.6) is 0 Å². The molecule has 0 bridgehead atoms. The van der Waals surface area contributed by atoms with Crippen LogP contribution in [-0.4, -0.2) is 27.0 Å². The number of anilines is 1. The van der Waals surface area contributed by atoms with Crippen molar-refractivity contribution in [1.29, 1.82) is 0 Å². The van der Waals surface area contributed by atoms with Gasteiger partial charge < -0.3 is 4.90 Å².